The van der Waals surface area contributed by atoms with Crippen LogP contribution in [0.1, 0.15) is 37.8 Å². The van der Waals surface area contributed by atoms with Crippen molar-refractivity contribution in [3.8, 4) is 0 Å². The number of fused-ring (bicyclic) bond motifs is 1. The molecular formula is C16H23NO2. The SMILES string of the molecule is CCCC(C)CN1Cc2ccccc2C[C@H]1C(=O)O. The van der Waals surface area contributed by atoms with Crippen molar-refractivity contribution in [1.29, 1.82) is 0 Å². The molecule has 0 radical (unpaired) electrons. The molecule has 1 N–H and O–H groups in total. The van der Waals surface area contributed by atoms with E-state index in [9.17, 15) is 9.90 Å². The van der Waals surface area contributed by atoms with E-state index in [1.54, 1.807) is 0 Å². The molecule has 0 amide bonds. The molecule has 1 heterocycles. The molecule has 1 aliphatic rings. The van der Waals surface area contributed by atoms with Gasteiger partial charge >= 0.3 is 5.97 Å². The summed E-state index contributed by atoms with van der Waals surface area (Å²) in [5.41, 5.74) is 2.47. The van der Waals surface area contributed by atoms with Gasteiger partial charge in [-0.3, -0.25) is 9.69 Å². The van der Waals surface area contributed by atoms with Gasteiger partial charge in [0.25, 0.3) is 0 Å². The zero-order chi connectivity index (χ0) is 13.8. The molecule has 19 heavy (non-hydrogen) atoms. The van der Waals surface area contributed by atoms with Crippen LogP contribution in [0.4, 0.5) is 0 Å². The van der Waals surface area contributed by atoms with Crippen molar-refractivity contribution < 1.29 is 9.90 Å². The number of benzene rings is 1. The minimum atomic E-state index is -0.696. The lowest BCUT2D eigenvalue weighted by Gasteiger charge is -2.36. The van der Waals surface area contributed by atoms with E-state index in [4.69, 9.17) is 0 Å². The molecule has 0 aliphatic carbocycles. The standard InChI is InChI=1S/C16H23NO2/c1-3-6-12(2)10-17-11-14-8-5-4-7-13(14)9-15(17)16(18)19/h4-5,7-8,12,15H,3,6,9-11H2,1-2H3,(H,18,19)/t12?,15-/m0/s1. The molecule has 0 fully saturated rings. The van der Waals surface area contributed by atoms with E-state index >= 15 is 0 Å². The Morgan fingerprint density at radius 3 is 2.74 bits per heavy atom. The maximum Gasteiger partial charge on any atom is 0.321 e. The Hall–Kier alpha value is -1.35. The first-order valence-corrected chi connectivity index (χ1v) is 7.15. The van der Waals surface area contributed by atoms with Crippen LogP contribution in [0.2, 0.25) is 0 Å². The third-order valence-electron chi connectivity index (χ3n) is 3.96. The molecule has 0 aromatic heterocycles. The smallest absolute Gasteiger partial charge is 0.321 e. The van der Waals surface area contributed by atoms with E-state index in [1.165, 1.54) is 11.1 Å². The molecular weight excluding hydrogens is 238 g/mol. The van der Waals surface area contributed by atoms with Gasteiger partial charge < -0.3 is 5.11 Å². The van der Waals surface area contributed by atoms with Crippen LogP contribution in [-0.2, 0) is 17.8 Å². The summed E-state index contributed by atoms with van der Waals surface area (Å²) in [5, 5.41) is 9.44. The van der Waals surface area contributed by atoms with Crippen molar-refractivity contribution in [2.45, 2.75) is 45.7 Å². The Morgan fingerprint density at radius 2 is 2.11 bits per heavy atom. The lowest BCUT2D eigenvalue weighted by atomic mass is 9.92. The van der Waals surface area contributed by atoms with E-state index in [0.717, 1.165) is 25.9 Å². The molecule has 2 atom stereocenters. The van der Waals surface area contributed by atoms with Gasteiger partial charge in [0.2, 0.25) is 0 Å². The number of rotatable bonds is 5. The van der Waals surface area contributed by atoms with Crippen LogP contribution in [0.25, 0.3) is 0 Å². The lowest BCUT2D eigenvalue weighted by molar-refractivity contribution is -0.144. The summed E-state index contributed by atoms with van der Waals surface area (Å²) in [7, 11) is 0. The van der Waals surface area contributed by atoms with Crippen molar-refractivity contribution in [1.82, 2.24) is 4.90 Å². The van der Waals surface area contributed by atoms with E-state index in [2.05, 4.69) is 30.9 Å². The third-order valence-corrected chi connectivity index (χ3v) is 3.96. The summed E-state index contributed by atoms with van der Waals surface area (Å²) < 4.78 is 0. The van der Waals surface area contributed by atoms with Crippen LogP contribution in [-0.4, -0.2) is 28.6 Å². The predicted octanol–water partition coefficient (Wildman–Crippen LogP) is 2.93. The fraction of sp³-hybridized carbons (Fsp3) is 0.562. The monoisotopic (exact) mass is 261 g/mol. The van der Waals surface area contributed by atoms with Crippen LogP contribution >= 0.6 is 0 Å². The summed E-state index contributed by atoms with van der Waals surface area (Å²) in [6.07, 6.45) is 2.94. The van der Waals surface area contributed by atoms with E-state index in [-0.39, 0.29) is 6.04 Å². The Bertz CT molecular complexity index is 444. The van der Waals surface area contributed by atoms with Gasteiger partial charge in [0, 0.05) is 13.1 Å². The van der Waals surface area contributed by atoms with E-state index in [1.807, 2.05) is 12.1 Å². The number of carboxylic acid groups (broad SMARTS) is 1. The lowest BCUT2D eigenvalue weighted by Crippen LogP contribution is -2.47. The van der Waals surface area contributed by atoms with Gasteiger partial charge in [-0.25, -0.2) is 0 Å². The molecule has 2 rings (SSSR count). The highest BCUT2D eigenvalue weighted by atomic mass is 16.4. The van der Waals surface area contributed by atoms with E-state index in [0.29, 0.717) is 12.3 Å². The average Bonchev–Trinajstić information content (AvgIpc) is 2.38. The highest BCUT2D eigenvalue weighted by Crippen LogP contribution is 2.25. The molecule has 1 unspecified atom stereocenters. The summed E-state index contributed by atoms with van der Waals surface area (Å²) in [6, 6.07) is 7.83. The van der Waals surface area contributed by atoms with Gasteiger partial charge in [-0.2, -0.15) is 0 Å². The van der Waals surface area contributed by atoms with Crippen molar-refractivity contribution in [3.05, 3.63) is 35.4 Å². The molecule has 0 bridgehead atoms. The molecule has 104 valence electrons. The zero-order valence-corrected chi connectivity index (χ0v) is 11.8. The van der Waals surface area contributed by atoms with Gasteiger partial charge in [-0.1, -0.05) is 44.5 Å². The number of aliphatic carboxylic acids is 1. The second-order valence-electron chi connectivity index (χ2n) is 5.65. The van der Waals surface area contributed by atoms with E-state index < -0.39 is 5.97 Å². The zero-order valence-electron chi connectivity index (χ0n) is 11.8. The Morgan fingerprint density at radius 1 is 1.42 bits per heavy atom. The summed E-state index contributed by atoms with van der Waals surface area (Å²) in [6.45, 7) is 6.03. The Kier molecular flexibility index (Phi) is 4.59. The van der Waals surface area contributed by atoms with Crippen LogP contribution in [0.5, 0.6) is 0 Å². The minimum Gasteiger partial charge on any atom is -0.480 e. The number of nitrogens with zero attached hydrogens (tertiary/aromatic N) is 1. The molecule has 3 nitrogen and oxygen atoms in total. The topological polar surface area (TPSA) is 40.5 Å². The molecule has 1 aliphatic heterocycles. The van der Waals surface area contributed by atoms with Crippen LogP contribution in [0.15, 0.2) is 24.3 Å². The average molecular weight is 261 g/mol. The first kappa shape index (κ1) is 14.1. The predicted molar refractivity (Wildman–Crippen MR) is 76.1 cm³/mol. The van der Waals surface area contributed by atoms with Crippen molar-refractivity contribution >= 4 is 5.97 Å². The Labute approximate surface area is 115 Å². The molecule has 1 aromatic rings. The number of carboxylic acids is 1. The maximum absolute atomic E-state index is 11.5. The van der Waals surface area contributed by atoms with Gasteiger partial charge in [0.15, 0.2) is 0 Å². The van der Waals surface area contributed by atoms with Crippen LogP contribution in [0, 0.1) is 5.92 Å². The fourth-order valence-corrected chi connectivity index (χ4v) is 3.00. The molecule has 3 heteroatoms. The van der Waals surface area contributed by atoms with Gasteiger partial charge in [-0.15, -0.1) is 0 Å². The minimum absolute atomic E-state index is 0.366. The molecule has 1 aromatic carbocycles. The largest absolute Gasteiger partial charge is 0.480 e. The molecule has 0 saturated carbocycles. The van der Waals surface area contributed by atoms with Gasteiger partial charge in [-0.05, 0) is 29.9 Å². The molecule has 0 saturated heterocycles. The summed E-state index contributed by atoms with van der Waals surface area (Å²) in [4.78, 5) is 13.6. The summed E-state index contributed by atoms with van der Waals surface area (Å²) >= 11 is 0. The first-order chi connectivity index (χ1) is 9.11. The quantitative estimate of drug-likeness (QED) is 0.886. The van der Waals surface area contributed by atoms with Crippen molar-refractivity contribution in [2.24, 2.45) is 5.92 Å². The van der Waals surface area contributed by atoms with Crippen LogP contribution < -0.4 is 0 Å². The van der Waals surface area contributed by atoms with Crippen molar-refractivity contribution in [2.75, 3.05) is 6.54 Å². The Balaban J connectivity index is 2.14. The fourth-order valence-electron chi connectivity index (χ4n) is 3.00. The number of hydrogen-bond acceptors (Lipinski definition) is 2. The maximum atomic E-state index is 11.5. The third kappa shape index (κ3) is 3.35. The first-order valence-electron chi connectivity index (χ1n) is 7.15. The highest BCUT2D eigenvalue weighted by molar-refractivity contribution is 5.74. The number of hydrogen-bond donors (Lipinski definition) is 1. The van der Waals surface area contributed by atoms with Gasteiger partial charge in [0.05, 0.1) is 0 Å². The van der Waals surface area contributed by atoms with Crippen molar-refractivity contribution in [3.63, 3.8) is 0 Å². The van der Waals surface area contributed by atoms with Gasteiger partial charge in [0.1, 0.15) is 6.04 Å². The summed E-state index contributed by atoms with van der Waals surface area (Å²) in [5.74, 6) is -0.143. The second kappa shape index (κ2) is 6.20. The van der Waals surface area contributed by atoms with Crippen LogP contribution in [0.3, 0.4) is 0 Å². The normalized spacial score (nSPS) is 20.8. The highest BCUT2D eigenvalue weighted by Gasteiger charge is 2.31. The molecule has 0 spiro atoms. The second-order valence-corrected chi connectivity index (χ2v) is 5.65. The number of carbonyl (C=O) groups is 1.